The maximum atomic E-state index is 13.3. The quantitative estimate of drug-likeness (QED) is 0.277. The predicted octanol–water partition coefficient (Wildman–Crippen LogP) is 5.85. The van der Waals surface area contributed by atoms with Crippen LogP contribution in [0.25, 0.3) is 10.2 Å². The van der Waals surface area contributed by atoms with Gasteiger partial charge in [-0.15, -0.1) is 23.7 Å². The Morgan fingerprint density at radius 2 is 2.06 bits per heavy atom. The first-order valence-electron chi connectivity index (χ1n) is 9.62. The molecule has 0 atom stereocenters. The first-order chi connectivity index (χ1) is 16.0. The summed E-state index contributed by atoms with van der Waals surface area (Å²) in [6.07, 6.45) is 0.320. The Hall–Kier alpha value is -3.58. The third-order valence-electron chi connectivity index (χ3n) is 4.33. The van der Waals surface area contributed by atoms with Crippen molar-refractivity contribution in [1.82, 2.24) is 15.3 Å². The second-order valence-corrected chi connectivity index (χ2v) is 8.16. The zero-order valence-electron chi connectivity index (χ0n) is 17.3. The SMILES string of the molecule is Cl.O=C(O)NCC#Cc1cc2ncnc(Nc3ccc(OCc4cccc(F)c4)c(Cl)c3)c2s1. The standard InChI is InChI=1S/C23H16ClFN4O3S.ClH/c24-18-10-16(6-7-20(18)32-12-14-3-1-4-15(25)9-14)29-22-21-19(27-13-28-22)11-17(33-21)5-2-8-26-23(30)31;/h1,3-4,6-7,9-11,13,26H,8,12H2,(H,30,31)(H,27,28,29);1H. The maximum Gasteiger partial charge on any atom is 0.405 e. The summed E-state index contributed by atoms with van der Waals surface area (Å²) in [6, 6.07) is 13.2. The second-order valence-electron chi connectivity index (χ2n) is 6.70. The van der Waals surface area contributed by atoms with E-state index in [1.807, 2.05) is 6.07 Å². The van der Waals surface area contributed by atoms with Gasteiger partial charge in [0.2, 0.25) is 0 Å². The van der Waals surface area contributed by atoms with Crippen LogP contribution in [0.5, 0.6) is 5.75 Å². The molecule has 3 N–H and O–H groups in total. The van der Waals surface area contributed by atoms with Crippen molar-refractivity contribution >= 4 is 63.2 Å². The lowest BCUT2D eigenvalue weighted by molar-refractivity contribution is 0.196. The van der Waals surface area contributed by atoms with Crippen LogP contribution < -0.4 is 15.4 Å². The number of carbonyl (C=O) groups is 1. The Kier molecular flexibility index (Phi) is 8.49. The van der Waals surface area contributed by atoms with Crippen LogP contribution in [0.3, 0.4) is 0 Å². The number of hydrogen-bond acceptors (Lipinski definition) is 6. The molecule has 34 heavy (non-hydrogen) atoms. The Labute approximate surface area is 209 Å². The van der Waals surface area contributed by atoms with Crippen molar-refractivity contribution in [3.8, 4) is 17.6 Å². The molecule has 2 aromatic heterocycles. The van der Waals surface area contributed by atoms with Gasteiger partial charge in [-0.1, -0.05) is 35.6 Å². The fourth-order valence-electron chi connectivity index (χ4n) is 2.88. The molecular weight excluding hydrogens is 502 g/mol. The van der Waals surface area contributed by atoms with Crippen molar-refractivity contribution < 1.29 is 19.0 Å². The zero-order chi connectivity index (χ0) is 23.2. The van der Waals surface area contributed by atoms with Crippen LogP contribution in [-0.4, -0.2) is 27.7 Å². The summed E-state index contributed by atoms with van der Waals surface area (Å²) in [5, 5.41) is 14.4. The molecule has 0 aliphatic heterocycles. The number of aromatic nitrogens is 2. The minimum Gasteiger partial charge on any atom is -0.487 e. The first kappa shape index (κ1) is 25.1. The average molecular weight is 519 g/mol. The van der Waals surface area contributed by atoms with E-state index in [1.54, 1.807) is 30.3 Å². The van der Waals surface area contributed by atoms with Gasteiger partial charge in [0.1, 0.15) is 24.5 Å². The smallest absolute Gasteiger partial charge is 0.405 e. The Bertz CT molecular complexity index is 1390. The molecular formula is C23H17Cl2FN4O3S. The van der Waals surface area contributed by atoms with Gasteiger partial charge in [-0.2, -0.15) is 0 Å². The molecule has 0 fully saturated rings. The summed E-state index contributed by atoms with van der Waals surface area (Å²) in [5.41, 5.74) is 2.12. The molecule has 4 aromatic rings. The van der Waals surface area contributed by atoms with Crippen LogP contribution in [-0.2, 0) is 6.61 Å². The summed E-state index contributed by atoms with van der Waals surface area (Å²) in [4.78, 5) is 19.8. The Morgan fingerprint density at radius 1 is 1.21 bits per heavy atom. The fourth-order valence-corrected chi connectivity index (χ4v) is 4.04. The number of ether oxygens (including phenoxy) is 1. The summed E-state index contributed by atoms with van der Waals surface area (Å²) in [6.45, 7) is 0.226. The monoisotopic (exact) mass is 518 g/mol. The van der Waals surface area contributed by atoms with E-state index in [2.05, 4.69) is 32.4 Å². The van der Waals surface area contributed by atoms with Gasteiger partial charge < -0.3 is 20.5 Å². The molecule has 174 valence electrons. The van der Waals surface area contributed by atoms with E-state index in [4.69, 9.17) is 21.4 Å². The number of amides is 1. The minimum absolute atomic E-state index is 0. The normalized spacial score (nSPS) is 10.1. The third kappa shape index (κ3) is 6.48. The second kappa shape index (κ2) is 11.5. The van der Waals surface area contributed by atoms with Gasteiger partial charge in [0.05, 0.1) is 26.7 Å². The van der Waals surface area contributed by atoms with Gasteiger partial charge in [-0.05, 0) is 42.0 Å². The average Bonchev–Trinajstić information content (AvgIpc) is 3.20. The lowest BCUT2D eigenvalue weighted by Gasteiger charge is -2.11. The number of nitrogens with zero attached hydrogens (tertiary/aromatic N) is 2. The molecule has 0 aliphatic rings. The van der Waals surface area contributed by atoms with E-state index in [0.29, 0.717) is 33.4 Å². The molecule has 2 aromatic carbocycles. The van der Waals surface area contributed by atoms with E-state index in [-0.39, 0.29) is 31.4 Å². The van der Waals surface area contributed by atoms with E-state index in [9.17, 15) is 9.18 Å². The Balaban J connectivity index is 0.00000324. The van der Waals surface area contributed by atoms with Crippen LogP contribution in [0.4, 0.5) is 20.7 Å². The van der Waals surface area contributed by atoms with E-state index < -0.39 is 6.09 Å². The lowest BCUT2D eigenvalue weighted by Crippen LogP contribution is -2.20. The number of anilines is 2. The zero-order valence-corrected chi connectivity index (χ0v) is 19.7. The molecule has 0 saturated carbocycles. The van der Waals surface area contributed by atoms with Crippen LogP contribution in [0.15, 0.2) is 54.9 Å². The molecule has 0 unspecified atom stereocenters. The number of thiophene rings is 1. The first-order valence-corrected chi connectivity index (χ1v) is 10.8. The molecule has 0 saturated heterocycles. The molecule has 7 nitrogen and oxygen atoms in total. The molecule has 4 rings (SSSR count). The molecule has 2 heterocycles. The summed E-state index contributed by atoms with van der Waals surface area (Å²) >= 11 is 7.77. The van der Waals surface area contributed by atoms with Gasteiger partial charge in [0.25, 0.3) is 0 Å². The van der Waals surface area contributed by atoms with Crippen molar-refractivity contribution in [2.45, 2.75) is 6.61 Å². The predicted molar refractivity (Wildman–Crippen MR) is 133 cm³/mol. The van der Waals surface area contributed by atoms with Gasteiger partial charge in [-0.25, -0.2) is 19.2 Å². The van der Waals surface area contributed by atoms with E-state index in [1.165, 1.54) is 29.8 Å². The van der Waals surface area contributed by atoms with Crippen LogP contribution in [0.2, 0.25) is 5.02 Å². The van der Waals surface area contributed by atoms with Gasteiger partial charge in [0, 0.05) is 5.69 Å². The summed E-state index contributed by atoms with van der Waals surface area (Å²) in [7, 11) is 0. The van der Waals surface area contributed by atoms with Crippen molar-refractivity contribution in [2.75, 3.05) is 11.9 Å². The van der Waals surface area contributed by atoms with E-state index >= 15 is 0 Å². The van der Waals surface area contributed by atoms with Crippen LogP contribution >= 0.6 is 35.3 Å². The fraction of sp³-hybridized carbons (Fsp3) is 0.0870. The number of nitrogens with one attached hydrogen (secondary N) is 2. The molecule has 1 amide bonds. The number of carboxylic acid groups (broad SMARTS) is 1. The van der Waals surface area contributed by atoms with Crippen molar-refractivity contribution in [3.63, 3.8) is 0 Å². The van der Waals surface area contributed by atoms with Crippen molar-refractivity contribution in [2.24, 2.45) is 0 Å². The van der Waals surface area contributed by atoms with Crippen molar-refractivity contribution in [3.05, 3.63) is 76.1 Å². The highest BCUT2D eigenvalue weighted by atomic mass is 35.5. The molecule has 0 aliphatic carbocycles. The minimum atomic E-state index is -1.12. The molecule has 0 spiro atoms. The number of halogens is 3. The summed E-state index contributed by atoms with van der Waals surface area (Å²) < 4.78 is 19.8. The highest BCUT2D eigenvalue weighted by Crippen LogP contribution is 2.33. The molecule has 11 heteroatoms. The van der Waals surface area contributed by atoms with Crippen molar-refractivity contribution in [1.29, 1.82) is 0 Å². The van der Waals surface area contributed by atoms with Gasteiger partial charge in [0.15, 0.2) is 5.82 Å². The highest BCUT2D eigenvalue weighted by Gasteiger charge is 2.10. The Morgan fingerprint density at radius 3 is 2.82 bits per heavy atom. The maximum absolute atomic E-state index is 13.3. The highest BCUT2D eigenvalue weighted by molar-refractivity contribution is 7.20. The summed E-state index contributed by atoms with van der Waals surface area (Å²) in [5.74, 6) is 6.41. The topological polar surface area (TPSA) is 96.4 Å². The van der Waals surface area contributed by atoms with Gasteiger partial charge >= 0.3 is 6.09 Å². The lowest BCUT2D eigenvalue weighted by atomic mass is 10.2. The molecule has 0 radical (unpaired) electrons. The largest absolute Gasteiger partial charge is 0.487 e. The van der Waals surface area contributed by atoms with Crippen LogP contribution in [0, 0.1) is 17.7 Å². The van der Waals surface area contributed by atoms with E-state index in [0.717, 1.165) is 9.58 Å². The van der Waals surface area contributed by atoms with Crippen LogP contribution in [0.1, 0.15) is 10.4 Å². The number of rotatable bonds is 6. The number of fused-ring (bicyclic) bond motifs is 1. The molecule has 0 bridgehead atoms. The number of benzene rings is 2. The van der Waals surface area contributed by atoms with Gasteiger partial charge in [-0.3, -0.25) is 0 Å². The third-order valence-corrected chi connectivity index (χ3v) is 5.67. The number of hydrogen-bond donors (Lipinski definition) is 3.